The van der Waals surface area contributed by atoms with Crippen LogP contribution < -0.4 is 0 Å². The minimum atomic E-state index is -2.33. The number of carbonyl (C=O) groups is 7. The second-order valence-electron chi connectivity index (χ2n) is 19.1. The predicted molar refractivity (Wildman–Crippen MR) is 270 cm³/mol. The summed E-state index contributed by atoms with van der Waals surface area (Å²) in [6, 6.07) is 0. The molecule has 406 valence electrons. The molecule has 0 aromatic heterocycles. The zero-order chi connectivity index (χ0) is 51.2. The summed E-state index contributed by atoms with van der Waals surface area (Å²) >= 11 is 0. The average Bonchev–Trinajstić information content (AvgIpc) is 3.86. The Labute approximate surface area is 422 Å². The SMILES string of the molecule is CCCCCCCC(=O)OCCCCCOC(=O)CC(CC(=O)OCCCCCOC(=O)CCCCCCC)(OC(=O)CCCCCN1CCCC1)C(=O)OCCCCCOC(=O)CCCCCCC. The molecular formula is C55H97NO14. The number of carbonyl (C=O) groups excluding carboxylic acids is 7. The van der Waals surface area contributed by atoms with E-state index in [1.807, 2.05) is 0 Å². The highest BCUT2D eigenvalue weighted by Gasteiger charge is 2.49. The summed E-state index contributed by atoms with van der Waals surface area (Å²) in [6.07, 6.45) is 24.7. The molecule has 0 aromatic rings. The Kier molecular flexibility index (Phi) is 41.4. The number of hydrogen-bond donors (Lipinski definition) is 0. The van der Waals surface area contributed by atoms with E-state index in [0.29, 0.717) is 83.5 Å². The molecule has 15 heteroatoms. The second-order valence-corrected chi connectivity index (χ2v) is 19.1. The highest BCUT2D eigenvalue weighted by Crippen LogP contribution is 2.27. The molecule has 0 spiro atoms. The van der Waals surface area contributed by atoms with E-state index in [-0.39, 0.29) is 64.0 Å². The first-order chi connectivity index (χ1) is 34.0. The van der Waals surface area contributed by atoms with Crippen LogP contribution in [0.4, 0.5) is 0 Å². The van der Waals surface area contributed by atoms with Gasteiger partial charge in [-0.2, -0.15) is 0 Å². The zero-order valence-corrected chi connectivity index (χ0v) is 44.3. The standard InChI is InChI=1S/C55H97NO14/c1-4-7-10-13-20-33-48(57)64-40-27-17-30-43-67-52(61)46-55(70-51(60)36-23-16-24-37-56-38-25-26-39-56,54(63)69-45-32-19-29-42-66-50(59)35-22-15-12-9-6-3)47-53(62)68-44-31-18-28-41-65-49(58)34-21-14-11-8-5-2/h4-47H2,1-3H3. The van der Waals surface area contributed by atoms with E-state index in [4.69, 9.17) is 33.2 Å². The van der Waals surface area contributed by atoms with Crippen LogP contribution in [0.15, 0.2) is 0 Å². The largest absolute Gasteiger partial charge is 0.466 e. The van der Waals surface area contributed by atoms with E-state index in [1.165, 1.54) is 12.8 Å². The molecule has 1 aliphatic heterocycles. The Balaban J connectivity index is 2.90. The van der Waals surface area contributed by atoms with Gasteiger partial charge in [-0.05, 0) is 122 Å². The van der Waals surface area contributed by atoms with Crippen molar-refractivity contribution in [1.29, 1.82) is 0 Å². The van der Waals surface area contributed by atoms with Crippen molar-refractivity contribution in [2.75, 3.05) is 59.3 Å². The van der Waals surface area contributed by atoms with Gasteiger partial charge in [-0.15, -0.1) is 0 Å². The van der Waals surface area contributed by atoms with Crippen LogP contribution in [0.5, 0.6) is 0 Å². The Morgan fingerprint density at radius 3 is 1.01 bits per heavy atom. The fraction of sp³-hybridized carbons (Fsp3) is 0.873. The zero-order valence-electron chi connectivity index (χ0n) is 44.3. The number of esters is 7. The van der Waals surface area contributed by atoms with E-state index in [9.17, 15) is 33.6 Å². The summed E-state index contributed by atoms with van der Waals surface area (Å²) in [7, 11) is 0. The minimum Gasteiger partial charge on any atom is -0.466 e. The number of hydrogen-bond acceptors (Lipinski definition) is 15. The van der Waals surface area contributed by atoms with Crippen LogP contribution in [0.3, 0.4) is 0 Å². The summed E-state index contributed by atoms with van der Waals surface area (Å²) in [5.41, 5.74) is -2.33. The van der Waals surface area contributed by atoms with Crippen molar-refractivity contribution in [1.82, 2.24) is 4.90 Å². The van der Waals surface area contributed by atoms with Gasteiger partial charge in [-0.25, -0.2) is 4.79 Å². The van der Waals surface area contributed by atoms with Gasteiger partial charge in [0.1, 0.15) is 0 Å². The molecule has 0 aromatic carbocycles. The molecule has 15 nitrogen and oxygen atoms in total. The highest BCUT2D eigenvalue weighted by atomic mass is 16.6. The number of rotatable bonds is 48. The van der Waals surface area contributed by atoms with Crippen molar-refractivity contribution < 1.29 is 66.7 Å². The maximum atomic E-state index is 14.1. The van der Waals surface area contributed by atoms with Crippen molar-refractivity contribution in [3.05, 3.63) is 0 Å². The lowest BCUT2D eigenvalue weighted by atomic mass is 9.94. The first-order valence-corrected chi connectivity index (χ1v) is 27.9. The van der Waals surface area contributed by atoms with Gasteiger partial charge >= 0.3 is 41.8 Å². The fourth-order valence-corrected chi connectivity index (χ4v) is 8.15. The van der Waals surface area contributed by atoms with E-state index in [2.05, 4.69) is 25.7 Å². The van der Waals surface area contributed by atoms with Crippen LogP contribution >= 0.6 is 0 Å². The van der Waals surface area contributed by atoms with Gasteiger partial charge in [0.2, 0.25) is 5.60 Å². The first kappa shape index (κ1) is 64.3. The third-order valence-corrected chi connectivity index (χ3v) is 12.5. The Hall–Kier alpha value is -3.75. The normalized spacial score (nSPS) is 12.6. The van der Waals surface area contributed by atoms with Gasteiger partial charge in [0.25, 0.3) is 0 Å². The smallest absolute Gasteiger partial charge is 0.351 e. The molecular weight excluding hydrogens is 899 g/mol. The third kappa shape index (κ3) is 37.1. The van der Waals surface area contributed by atoms with Crippen molar-refractivity contribution in [2.24, 2.45) is 0 Å². The van der Waals surface area contributed by atoms with Gasteiger partial charge in [0.15, 0.2) is 0 Å². The van der Waals surface area contributed by atoms with Gasteiger partial charge in [-0.3, -0.25) is 28.8 Å². The Morgan fingerprint density at radius 1 is 0.343 bits per heavy atom. The van der Waals surface area contributed by atoms with Gasteiger partial charge in [0.05, 0.1) is 52.5 Å². The summed E-state index contributed by atoms with van der Waals surface area (Å²) in [5.74, 6) is -4.14. The summed E-state index contributed by atoms with van der Waals surface area (Å²) in [4.78, 5) is 93.3. The van der Waals surface area contributed by atoms with Gasteiger partial charge < -0.3 is 38.1 Å². The molecule has 1 aliphatic rings. The van der Waals surface area contributed by atoms with Crippen LogP contribution in [0.2, 0.25) is 0 Å². The number of unbranched alkanes of at least 4 members (excludes halogenated alkanes) is 20. The Morgan fingerprint density at radius 2 is 0.643 bits per heavy atom. The molecule has 0 unspecified atom stereocenters. The summed E-state index contributed by atoms with van der Waals surface area (Å²) in [6.45, 7) is 10.2. The highest BCUT2D eigenvalue weighted by molar-refractivity contribution is 5.92. The van der Waals surface area contributed by atoms with E-state index >= 15 is 0 Å². The van der Waals surface area contributed by atoms with E-state index < -0.39 is 42.3 Å². The molecule has 0 N–H and O–H groups in total. The van der Waals surface area contributed by atoms with Crippen LogP contribution in [0, 0.1) is 0 Å². The second kappa shape index (κ2) is 45.1. The maximum absolute atomic E-state index is 14.1. The lowest BCUT2D eigenvalue weighted by Gasteiger charge is -2.30. The van der Waals surface area contributed by atoms with E-state index in [1.54, 1.807) is 0 Å². The van der Waals surface area contributed by atoms with Gasteiger partial charge in [0, 0.05) is 25.7 Å². The topological polar surface area (TPSA) is 187 Å². The molecule has 0 bridgehead atoms. The van der Waals surface area contributed by atoms with Gasteiger partial charge in [-0.1, -0.05) is 104 Å². The van der Waals surface area contributed by atoms with Crippen LogP contribution in [-0.4, -0.2) is 112 Å². The molecule has 1 saturated heterocycles. The average molecular weight is 996 g/mol. The maximum Gasteiger partial charge on any atom is 0.351 e. The van der Waals surface area contributed by atoms with Crippen molar-refractivity contribution in [3.8, 4) is 0 Å². The monoisotopic (exact) mass is 996 g/mol. The summed E-state index contributed by atoms with van der Waals surface area (Å²) < 4.78 is 38.7. The van der Waals surface area contributed by atoms with Crippen LogP contribution in [0.25, 0.3) is 0 Å². The molecule has 0 saturated carbocycles. The number of likely N-dealkylation sites (tertiary alicyclic amines) is 1. The number of nitrogens with zero attached hydrogens (tertiary/aromatic N) is 1. The fourth-order valence-electron chi connectivity index (χ4n) is 8.15. The van der Waals surface area contributed by atoms with Crippen molar-refractivity contribution in [3.63, 3.8) is 0 Å². The minimum absolute atomic E-state index is 0.00243. The lowest BCUT2D eigenvalue weighted by molar-refractivity contribution is -0.191. The van der Waals surface area contributed by atoms with Crippen molar-refractivity contribution in [2.45, 2.75) is 251 Å². The third-order valence-electron chi connectivity index (χ3n) is 12.5. The number of ether oxygens (including phenoxy) is 7. The van der Waals surface area contributed by atoms with Crippen LogP contribution in [-0.2, 0) is 66.7 Å². The van der Waals surface area contributed by atoms with Crippen LogP contribution in [0.1, 0.15) is 245 Å². The van der Waals surface area contributed by atoms with E-state index in [0.717, 1.165) is 129 Å². The molecule has 1 heterocycles. The lowest BCUT2D eigenvalue weighted by Crippen LogP contribution is -2.48. The molecule has 1 fully saturated rings. The predicted octanol–water partition coefficient (Wildman–Crippen LogP) is 11.6. The quantitative estimate of drug-likeness (QED) is 0.0318. The van der Waals surface area contributed by atoms with Crippen molar-refractivity contribution >= 4 is 41.8 Å². The molecule has 0 aliphatic carbocycles. The molecule has 0 radical (unpaired) electrons. The molecule has 0 amide bonds. The Bertz CT molecular complexity index is 1330. The molecule has 1 rings (SSSR count). The first-order valence-electron chi connectivity index (χ1n) is 27.9. The molecule has 70 heavy (non-hydrogen) atoms. The molecule has 0 atom stereocenters. The summed E-state index contributed by atoms with van der Waals surface area (Å²) in [5, 5.41) is 0.